The Morgan fingerprint density at radius 2 is 1.90 bits per heavy atom. The van der Waals surface area contributed by atoms with Gasteiger partial charge in [0.05, 0.1) is 0 Å². The highest BCUT2D eigenvalue weighted by Crippen LogP contribution is 2.24. The van der Waals surface area contributed by atoms with E-state index < -0.39 is 0 Å². The number of rotatable bonds is 6. The lowest BCUT2D eigenvalue weighted by atomic mass is 9.95. The molecule has 29 heavy (non-hydrogen) atoms. The molecule has 2 aromatic rings. The number of anilines is 1. The van der Waals surface area contributed by atoms with Gasteiger partial charge in [-0.3, -0.25) is 19.5 Å². The van der Waals surface area contributed by atoms with E-state index in [0.717, 1.165) is 62.3 Å². The van der Waals surface area contributed by atoms with Crippen LogP contribution in [0.25, 0.3) is 0 Å². The summed E-state index contributed by atoms with van der Waals surface area (Å²) in [5.74, 6) is 0.264. The van der Waals surface area contributed by atoms with Crippen LogP contribution in [0.2, 0.25) is 0 Å². The van der Waals surface area contributed by atoms with Crippen LogP contribution in [0.1, 0.15) is 47.3 Å². The Hall–Kier alpha value is -2.73. The summed E-state index contributed by atoms with van der Waals surface area (Å²) in [7, 11) is 0. The van der Waals surface area contributed by atoms with Crippen molar-refractivity contribution < 1.29 is 9.59 Å². The zero-order chi connectivity index (χ0) is 20.2. The van der Waals surface area contributed by atoms with Gasteiger partial charge in [-0.1, -0.05) is 12.1 Å². The summed E-state index contributed by atoms with van der Waals surface area (Å²) in [6.45, 7) is 4.55. The fourth-order valence-corrected chi connectivity index (χ4v) is 3.80. The first-order valence-electron chi connectivity index (χ1n) is 10.4. The number of aryl methyl sites for hydroxylation is 1. The molecule has 2 heterocycles. The summed E-state index contributed by atoms with van der Waals surface area (Å²) in [5.41, 5.74) is 3.38. The highest BCUT2D eigenvalue weighted by molar-refractivity contribution is 6.04. The van der Waals surface area contributed by atoms with Crippen molar-refractivity contribution in [2.24, 2.45) is 5.92 Å². The van der Waals surface area contributed by atoms with Crippen molar-refractivity contribution in [3.05, 3.63) is 59.4 Å². The monoisotopic (exact) mass is 392 g/mol. The standard InChI is InChI=1S/C23H28N4O2/c1-16-13-19(7-10-24-16)23(29)26-21-4-2-3-17(14-21)15-27-11-8-18(9-12-27)22(28)25-20-5-6-20/h2-4,7,10,13-14,18,20H,5-6,8-9,11-12,15H2,1H3,(H,25,28)(H,26,29). The number of nitrogens with one attached hydrogen (secondary N) is 2. The van der Waals surface area contributed by atoms with Gasteiger partial charge in [-0.15, -0.1) is 0 Å². The molecule has 1 aromatic heterocycles. The minimum Gasteiger partial charge on any atom is -0.353 e. The van der Waals surface area contributed by atoms with Crippen LogP contribution in [-0.2, 0) is 11.3 Å². The van der Waals surface area contributed by atoms with Gasteiger partial charge >= 0.3 is 0 Å². The molecule has 6 nitrogen and oxygen atoms in total. The lowest BCUT2D eigenvalue weighted by Gasteiger charge is -2.31. The molecule has 2 aliphatic rings. The summed E-state index contributed by atoms with van der Waals surface area (Å²) in [5, 5.41) is 6.10. The van der Waals surface area contributed by atoms with Crippen molar-refractivity contribution in [3.63, 3.8) is 0 Å². The van der Waals surface area contributed by atoms with Gasteiger partial charge in [0.15, 0.2) is 0 Å². The number of amides is 2. The number of benzene rings is 1. The van der Waals surface area contributed by atoms with Gasteiger partial charge in [0.1, 0.15) is 0 Å². The van der Waals surface area contributed by atoms with Crippen LogP contribution in [0.3, 0.4) is 0 Å². The Labute approximate surface area is 171 Å². The fourth-order valence-electron chi connectivity index (χ4n) is 3.80. The first-order chi connectivity index (χ1) is 14.1. The van der Waals surface area contributed by atoms with Gasteiger partial charge in [-0.2, -0.15) is 0 Å². The van der Waals surface area contributed by atoms with E-state index in [2.05, 4.69) is 26.6 Å². The smallest absolute Gasteiger partial charge is 0.255 e. The fraction of sp³-hybridized carbons (Fsp3) is 0.435. The molecular formula is C23H28N4O2. The lowest BCUT2D eigenvalue weighted by Crippen LogP contribution is -2.40. The Morgan fingerprint density at radius 1 is 1.10 bits per heavy atom. The number of nitrogens with zero attached hydrogens (tertiary/aromatic N) is 2. The summed E-state index contributed by atoms with van der Waals surface area (Å²) < 4.78 is 0. The maximum atomic E-state index is 12.5. The lowest BCUT2D eigenvalue weighted by molar-refractivity contribution is -0.126. The molecule has 6 heteroatoms. The summed E-state index contributed by atoms with van der Waals surface area (Å²) in [6.07, 6.45) is 5.75. The number of pyridine rings is 1. The third kappa shape index (κ3) is 5.41. The largest absolute Gasteiger partial charge is 0.353 e. The number of hydrogen-bond acceptors (Lipinski definition) is 4. The van der Waals surface area contributed by atoms with E-state index in [1.165, 1.54) is 0 Å². The maximum Gasteiger partial charge on any atom is 0.255 e. The molecule has 0 radical (unpaired) electrons. The van der Waals surface area contributed by atoms with Gasteiger partial charge in [0.2, 0.25) is 5.91 Å². The van der Waals surface area contributed by atoms with E-state index in [4.69, 9.17) is 0 Å². The Kier molecular flexibility index (Phi) is 5.90. The first kappa shape index (κ1) is 19.6. The van der Waals surface area contributed by atoms with E-state index in [1.807, 2.05) is 25.1 Å². The van der Waals surface area contributed by atoms with E-state index in [1.54, 1.807) is 18.3 Å². The maximum absolute atomic E-state index is 12.5. The van der Waals surface area contributed by atoms with Crippen LogP contribution >= 0.6 is 0 Å². The zero-order valence-electron chi connectivity index (χ0n) is 16.9. The molecule has 2 amide bonds. The van der Waals surface area contributed by atoms with Crippen LogP contribution < -0.4 is 10.6 Å². The quantitative estimate of drug-likeness (QED) is 0.792. The summed E-state index contributed by atoms with van der Waals surface area (Å²) in [6, 6.07) is 11.9. The average Bonchev–Trinajstić information content (AvgIpc) is 3.53. The minimum atomic E-state index is -0.130. The predicted molar refractivity (Wildman–Crippen MR) is 113 cm³/mol. The number of aromatic nitrogens is 1. The van der Waals surface area contributed by atoms with E-state index in [9.17, 15) is 9.59 Å². The van der Waals surface area contributed by atoms with Crippen LogP contribution in [0.15, 0.2) is 42.6 Å². The number of carbonyl (C=O) groups excluding carboxylic acids is 2. The number of hydrogen-bond donors (Lipinski definition) is 2. The van der Waals surface area contributed by atoms with Crippen molar-refractivity contribution in [1.82, 2.24) is 15.2 Å². The molecule has 0 spiro atoms. The van der Waals surface area contributed by atoms with Crippen LogP contribution in [0, 0.1) is 12.8 Å². The van der Waals surface area contributed by atoms with Crippen LogP contribution in [0.5, 0.6) is 0 Å². The normalized spacial score (nSPS) is 17.7. The molecule has 2 N–H and O–H groups in total. The molecule has 1 saturated carbocycles. The van der Waals surface area contributed by atoms with Crippen LogP contribution in [0.4, 0.5) is 5.69 Å². The van der Waals surface area contributed by atoms with Gasteiger partial charge < -0.3 is 10.6 Å². The second-order valence-corrected chi connectivity index (χ2v) is 8.17. The van der Waals surface area contributed by atoms with E-state index in [0.29, 0.717) is 11.6 Å². The summed E-state index contributed by atoms with van der Waals surface area (Å²) in [4.78, 5) is 31.2. The zero-order valence-corrected chi connectivity index (χ0v) is 16.9. The number of carbonyl (C=O) groups is 2. The second kappa shape index (κ2) is 8.74. The van der Waals surface area contributed by atoms with Gasteiger partial charge in [0, 0.05) is 41.6 Å². The van der Waals surface area contributed by atoms with Crippen molar-refractivity contribution >= 4 is 17.5 Å². The van der Waals surface area contributed by atoms with Crippen molar-refractivity contribution in [3.8, 4) is 0 Å². The third-order valence-electron chi connectivity index (χ3n) is 5.63. The van der Waals surface area contributed by atoms with Gasteiger partial charge in [-0.25, -0.2) is 0 Å². The Balaban J connectivity index is 1.30. The van der Waals surface area contributed by atoms with E-state index >= 15 is 0 Å². The van der Waals surface area contributed by atoms with Crippen molar-refractivity contribution in [1.29, 1.82) is 0 Å². The predicted octanol–water partition coefficient (Wildman–Crippen LogP) is 3.13. The molecule has 152 valence electrons. The molecule has 0 bridgehead atoms. The van der Waals surface area contributed by atoms with Gasteiger partial charge in [0.25, 0.3) is 5.91 Å². The first-order valence-corrected chi connectivity index (χ1v) is 10.4. The Morgan fingerprint density at radius 3 is 2.62 bits per heavy atom. The molecule has 1 saturated heterocycles. The molecule has 2 fully saturated rings. The third-order valence-corrected chi connectivity index (χ3v) is 5.63. The van der Waals surface area contributed by atoms with Crippen molar-refractivity contribution in [2.75, 3.05) is 18.4 Å². The number of piperidine rings is 1. The van der Waals surface area contributed by atoms with Gasteiger partial charge in [-0.05, 0) is 75.5 Å². The SMILES string of the molecule is Cc1cc(C(=O)Nc2cccc(CN3CCC(C(=O)NC4CC4)CC3)c2)ccn1. The highest BCUT2D eigenvalue weighted by atomic mass is 16.2. The topological polar surface area (TPSA) is 74.3 Å². The molecular weight excluding hydrogens is 364 g/mol. The average molecular weight is 393 g/mol. The number of likely N-dealkylation sites (tertiary alicyclic amines) is 1. The Bertz CT molecular complexity index is 886. The molecule has 1 aliphatic heterocycles. The molecule has 0 atom stereocenters. The molecule has 1 aliphatic carbocycles. The van der Waals surface area contributed by atoms with Crippen molar-refractivity contribution in [2.45, 2.75) is 45.2 Å². The summed E-state index contributed by atoms with van der Waals surface area (Å²) >= 11 is 0. The molecule has 0 unspecified atom stereocenters. The second-order valence-electron chi connectivity index (χ2n) is 8.17. The van der Waals surface area contributed by atoms with Crippen LogP contribution in [-0.4, -0.2) is 40.8 Å². The minimum absolute atomic E-state index is 0.130. The molecule has 1 aromatic carbocycles. The highest BCUT2D eigenvalue weighted by Gasteiger charge is 2.29. The van der Waals surface area contributed by atoms with E-state index in [-0.39, 0.29) is 17.7 Å². The molecule has 4 rings (SSSR count).